The maximum absolute atomic E-state index is 8.85. The Balaban J connectivity index is 2.07. The third kappa shape index (κ3) is 1.73. The second-order valence-corrected chi connectivity index (χ2v) is 5.09. The van der Waals surface area contributed by atoms with Crippen molar-refractivity contribution in [3.63, 3.8) is 0 Å². The Morgan fingerprint density at radius 3 is 2.61 bits per heavy atom. The second-order valence-electron chi connectivity index (χ2n) is 4.31. The van der Waals surface area contributed by atoms with Gasteiger partial charge in [0.25, 0.3) is 0 Å². The van der Waals surface area contributed by atoms with Crippen LogP contribution in [0.25, 0.3) is 0 Å². The SMILES string of the molecule is N#Cc1ccc(C2(c3ccsc3)CCON2)cc1. The summed E-state index contributed by atoms with van der Waals surface area (Å²) in [6.07, 6.45) is 0.898. The monoisotopic (exact) mass is 256 g/mol. The summed E-state index contributed by atoms with van der Waals surface area (Å²) in [5.74, 6) is 0. The molecule has 0 bridgehead atoms. The first-order valence-electron chi connectivity index (χ1n) is 5.77. The van der Waals surface area contributed by atoms with Gasteiger partial charge in [0.2, 0.25) is 0 Å². The van der Waals surface area contributed by atoms with Gasteiger partial charge in [-0.25, -0.2) is 0 Å². The lowest BCUT2D eigenvalue weighted by Gasteiger charge is -2.27. The molecule has 0 amide bonds. The average molecular weight is 256 g/mol. The van der Waals surface area contributed by atoms with E-state index in [0.717, 1.165) is 12.0 Å². The van der Waals surface area contributed by atoms with Crippen LogP contribution in [0.15, 0.2) is 41.1 Å². The molecule has 1 aliphatic heterocycles. The first-order chi connectivity index (χ1) is 8.85. The number of hydrogen-bond acceptors (Lipinski definition) is 4. The Hall–Kier alpha value is -1.67. The van der Waals surface area contributed by atoms with Gasteiger partial charge in [-0.1, -0.05) is 12.1 Å². The Bertz CT molecular complexity index is 563. The standard InChI is InChI=1S/C14H12N2OS/c15-9-11-1-3-12(4-2-11)14(6-7-17-16-14)13-5-8-18-10-13/h1-5,8,10,16H,6-7H2. The average Bonchev–Trinajstić information content (AvgIpc) is 3.10. The Labute approximate surface area is 110 Å². The minimum absolute atomic E-state index is 0.270. The molecule has 1 aromatic carbocycles. The summed E-state index contributed by atoms with van der Waals surface area (Å²) >= 11 is 1.68. The van der Waals surface area contributed by atoms with Crippen molar-refractivity contribution in [3.8, 4) is 6.07 Å². The molecular weight excluding hydrogens is 244 g/mol. The quantitative estimate of drug-likeness (QED) is 0.898. The lowest BCUT2D eigenvalue weighted by Crippen LogP contribution is -2.36. The van der Waals surface area contributed by atoms with E-state index in [1.807, 2.05) is 24.3 Å². The second kappa shape index (κ2) is 4.54. The van der Waals surface area contributed by atoms with Gasteiger partial charge in [-0.05, 0) is 40.1 Å². The molecule has 1 aliphatic rings. The lowest BCUT2D eigenvalue weighted by atomic mass is 9.83. The third-order valence-electron chi connectivity index (χ3n) is 3.35. The fraction of sp³-hybridized carbons (Fsp3) is 0.214. The molecule has 2 aromatic rings. The lowest BCUT2D eigenvalue weighted by molar-refractivity contribution is 0.0710. The number of nitrogens with zero attached hydrogens (tertiary/aromatic N) is 1. The fourth-order valence-corrected chi connectivity index (χ4v) is 3.07. The highest BCUT2D eigenvalue weighted by molar-refractivity contribution is 7.08. The molecule has 3 rings (SSSR count). The van der Waals surface area contributed by atoms with Gasteiger partial charge >= 0.3 is 0 Å². The molecule has 0 spiro atoms. The third-order valence-corrected chi connectivity index (χ3v) is 4.03. The van der Waals surface area contributed by atoms with Gasteiger partial charge in [-0.15, -0.1) is 0 Å². The van der Waals surface area contributed by atoms with Crippen molar-refractivity contribution in [3.05, 3.63) is 57.8 Å². The van der Waals surface area contributed by atoms with Crippen molar-refractivity contribution >= 4 is 11.3 Å². The van der Waals surface area contributed by atoms with Crippen LogP contribution in [0.1, 0.15) is 23.1 Å². The van der Waals surface area contributed by atoms with Gasteiger partial charge in [0.1, 0.15) is 0 Å². The molecule has 2 heterocycles. The molecule has 90 valence electrons. The number of hydroxylamine groups is 1. The van der Waals surface area contributed by atoms with Gasteiger partial charge in [-0.3, -0.25) is 0 Å². The molecule has 1 unspecified atom stereocenters. The molecule has 1 N–H and O–H groups in total. The maximum Gasteiger partial charge on any atom is 0.0991 e. The summed E-state index contributed by atoms with van der Waals surface area (Å²) in [7, 11) is 0. The molecule has 1 aromatic heterocycles. The van der Waals surface area contributed by atoms with Crippen LogP contribution in [0.2, 0.25) is 0 Å². The number of nitrogens with one attached hydrogen (secondary N) is 1. The van der Waals surface area contributed by atoms with Crippen LogP contribution in [0.3, 0.4) is 0 Å². The van der Waals surface area contributed by atoms with Crippen LogP contribution in [0.5, 0.6) is 0 Å². The minimum atomic E-state index is -0.270. The molecule has 3 nitrogen and oxygen atoms in total. The van der Waals surface area contributed by atoms with E-state index >= 15 is 0 Å². The summed E-state index contributed by atoms with van der Waals surface area (Å²) in [5.41, 5.74) is 5.91. The molecular formula is C14H12N2OS. The van der Waals surface area contributed by atoms with Crippen molar-refractivity contribution in [2.45, 2.75) is 12.0 Å². The summed E-state index contributed by atoms with van der Waals surface area (Å²) < 4.78 is 0. The molecule has 0 saturated carbocycles. The normalized spacial score (nSPS) is 22.8. The molecule has 4 heteroatoms. The minimum Gasteiger partial charge on any atom is -0.301 e. The zero-order valence-corrected chi connectivity index (χ0v) is 10.5. The van der Waals surface area contributed by atoms with Gasteiger partial charge in [-0.2, -0.15) is 22.1 Å². The van der Waals surface area contributed by atoms with Crippen LogP contribution in [-0.2, 0) is 10.4 Å². The number of rotatable bonds is 2. The van der Waals surface area contributed by atoms with E-state index in [-0.39, 0.29) is 5.54 Å². The Morgan fingerprint density at radius 2 is 2.06 bits per heavy atom. The van der Waals surface area contributed by atoms with Crippen molar-refractivity contribution in [2.75, 3.05) is 6.61 Å². The summed E-state index contributed by atoms with van der Waals surface area (Å²) in [4.78, 5) is 5.38. The van der Waals surface area contributed by atoms with Crippen LogP contribution in [0, 0.1) is 11.3 Å². The van der Waals surface area contributed by atoms with Crippen molar-refractivity contribution in [1.82, 2.24) is 5.48 Å². The van der Waals surface area contributed by atoms with E-state index in [1.165, 1.54) is 5.56 Å². The highest BCUT2D eigenvalue weighted by Gasteiger charge is 2.38. The van der Waals surface area contributed by atoms with E-state index in [2.05, 4.69) is 28.4 Å². The van der Waals surface area contributed by atoms with Gasteiger partial charge in [0, 0.05) is 6.42 Å². The topological polar surface area (TPSA) is 45.0 Å². The number of thiophene rings is 1. The van der Waals surface area contributed by atoms with E-state index in [0.29, 0.717) is 12.2 Å². The maximum atomic E-state index is 8.85. The van der Waals surface area contributed by atoms with Crippen LogP contribution in [-0.4, -0.2) is 6.61 Å². The van der Waals surface area contributed by atoms with Crippen molar-refractivity contribution in [2.24, 2.45) is 0 Å². The number of nitriles is 1. The van der Waals surface area contributed by atoms with E-state index in [1.54, 1.807) is 11.3 Å². The molecule has 1 saturated heterocycles. The largest absolute Gasteiger partial charge is 0.301 e. The van der Waals surface area contributed by atoms with E-state index in [4.69, 9.17) is 10.1 Å². The van der Waals surface area contributed by atoms with E-state index in [9.17, 15) is 0 Å². The highest BCUT2D eigenvalue weighted by Crippen LogP contribution is 2.37. The zero-order valence-electron chi connectivity index (χ0n) is 9.72. The smallest absolute Gasteiger partial charge is 0.0991 e. The van der Waals surface area contributed by atoms with E-state index < -0.39 is 0 Å². The van der Waals surface area contributed by atoms with Gasteiger partial charge in [0.05, 0.1) is 23.8 Å². The van der Waals surface area contributed by atoms with Crippen LogP contribution < -0.4 is 5.48 Å². The zero-order chi connectivity index (χ0) is 12.4. The first-order valence-corrected chi connectivity index (χ1v) is 6.72. The predicted molar refractivity (Wildman–Crippen MR) is 70.0 cm³/mol. The molecule has 0 radical (unpaired) electrons. The predicted octanol–water partition coefficient (Wildman–Crippen LogP) is 2.79. The van der Waals surface area contributed by atoms with Crippen LogP contribution >= 0.6 is 11.3 Å². The Kier molecular flexibility index (Phi) is 2.88. The molecule has 1 atom stereocenters. The first kappa shape index (κ1) is 11.4. The molecule has 0 aliphatic carbocycles. The summed E-state index contributed by atoms with van der Waals surface area (Å²) in [6, 6.07) is 12.0. The van der Waals surface area contributed by atoms with Crippen molar-refractivity contribution < 1.29 is 4.84 Å². The molecule has 18 heavy (non-hydrogen) atoms. The Morgan fingerprint density at radius 1 is 1.22 bits per heavy atom. The van der Waals surface area contributed by atoms with Crippen LogP contribution in [0.4, 0.5) is 0 Å². The highest BCUT2D eigenvalue weighted by atomic mass is 32.1. The van der Waals surface area contributed by atoms with Crippen molar-refractivity contribution in [1.29, 1.82) is 5.26 Å². The molecule has 1 fully saturated rings. The summed E-state index contributed by atoms with van der Waals surface area (Å²) in [5, 5.41) is 13.1. The number of hydrogen-bond donors (Lipinski definition) is 1. The summed E-state index contributed by atoms with van der Waals surface area (Å²) in [6.45, 7) is 0.690. The van der Waals surface area contributed by atoms with Gasteiger partial charge in [0.15, 0.2) is 0 Å². The number of benzene rings is 1. The fourth-order valence-electron chi connectivity index (χ4n) is 2.34. The van der Waals surface area contributed by atoms with Gasteiger partial charge < -0.3 is 4.84 Å².